The number of halogens is 3. The topological polar surface area (TPSA) is 121 Å². The van der Waals surface area contributed by atoms with Gasteiger partial charge in [0.25, 0.3) is 0 Å². The van der Waals surface area contributed by atoms with Gasteiger partial charge >= 0.3 is 6.18 Å². The lowest BCUT2D eigenvalue weighted by molar-refractivity contribution is -0.141. The number of alkyl halides is 3. The van der Waals surface area contributed by atoms with E-state index < -0.39 is 18.6 Å². The fourth-order valence-corrected chi connectivity index (χ4v) is 4.52. The number of hydrogen-bond acceptors (Lipinski definition) is 8. The number of pyridine rings is 1. The monoisotopic (exact) mass is 519 g/mol. The largest absolute Gasteiger partial charge is 0.391 e. The summed E-state index contributed by atoms with van der Waals surface area (Å²) >= 11 is 0. The van der Waals surface area contributed by atoms with E-state index in [1.165, 1.54) is 29.2 Å². The third-order valence-corrected chi connectivity index (χ3v) is 6.16. The van der Waals surface area contributed by atoms with Crippen LogP contribution in [0.4, 0.5) is 24.8 Å². The van der Waals surface area contributed by atoms with E-state index in [0.717, 1.165) is 0 Å². The van der Waals surface area contributed by atoms with Gasteiger partial charge in [-0.15, -0.1) is 0 Å². The average molecular weight is 520 g/mol. The van der Waals surface area contributed by atoms with E-state index >= 15 is 0 Å². The number of rotatable bonds is 6. The fraction of sp³-hybridized carbons (Fsp3) is 0.542. The van der Waals surface area contributed by atoms with Gasteiger partial charge in [0, 0.05) is 30.9 Å². The van der Waals surface area contributed by atoms with Crippen molar-refractivity contribution < 1.29 is 17.9 Å². The quantitative estimate of drug-likeness (QED) is 0.332. The van der Waals surface area contributed by atoms with E-state index in [2.05, 4.69) is 25.2 Å². The lowest BCUT2D eigenvalue weighted by atomic mass is 10.2. The van der Waals surface area contributed by atoms with Gasteiger partial charge in [-0.2, -0.15) is 13.2 Å². The van der Waals surface area contributed by atoms with Crippen LogP contribution < -0.4 is 15.7 Å². The number of nitrogens with zero attached hydrogens (tertiary/aromatic N) is 6. The van der Waals surface area contributed by atoms with Gasteiger partial charge in [-0.05, 0) is 34.6 Å². The Bertz CT molecular complexity index is 1360. The predicted octanol–water partition coefficient (Wildman–Crippen LogP) is 4.18. The Balaban J connectivity index is 1.95. The Kier molecular flexibility index (Phi) is 7.27. The number of morpholine rings is 1. The molecule has 1 aliphatic heterocycles. The molecule has 1 fully saturated rings. The second-order valence-corrected chi connectivity index (χ2v) is 9.70. The summed E-state index contributed by atoms with van der Waals surface area (Å²) in [6.07, 6.45) is -2.42. The lowest BCUT2D eigenvalue weighted by Crippen LogP contribution is -2.44. The zero-order valence-electron chi connectivity index (χ0n) is 21.5. The van der Waals surface area contributed by atoms with Gasteiger partial charge in [-0.3, -0.25) is 15.4 Å². The molecule has 3 aromatic heterocycles. The molecule has 3 aromatic rings. The third kappa shape index (κ3) is 5.60. The molecule has 200 valence electrons. The van der Waals surface area contributed by atoms with Crippen LogP contribution in [-0.2, 0) is 4.74 Å². The van der Waals surface area contributed by atoms with Crippen molar-refractivity contribution in [3.63, 3.8) is 0 Å². The van der Waals surface area contributed by atoms with Crippen LogP contribution in [0, 0.1) is 10.8 Å². The summed E-state index contributed by atoms with van der Waals surface area (Å²) in [7, 11) is 0. The Morgan fingerprint density at radius 1 is 1.27 bits per heavy atom. The van der Waals surface area contributed by atoms with E-state index in [1.807, 2.05) is 20.8 Å². The SMILES string of the molecule is CC(=N)n1cc(-c2nc3cnc(N4CCOC[C@@H]4C)cc3n2C(C)CC(F)(F)F)nc(NC(C)C)c1=N. The number of aromatic nitrogens is 5. The van der Waals surface area contributed by atoms with Crippen molar-refractivity contribution in [2.75, 3.05) is 30.0 Å². The highest BCUT2D eigenvalue weighted by atomic mass is 19.4. The highest BCUT2D eigenvalue weighted by Crippen LogP contribution is 2.35. The number of nitrogens with one attached hydrogen (secondary N) is 3. The molecule has 0 aliphatic carbocycles. The molecular weight excluding hydrogens is 487 g/mol. The minimum atomic E-state index is -4.39. The number of imidazole rings is 1. The maximum Gasteiger partial charge on any atom is 0.391 e. The first-order valence-electron chi connectivity index (χ1n) is 12.2. The number of ether oxygens (including phenoxy) is 1. The summed E-state index contributed by atoms with van der Waals surface area (Å²) in [6, 6.07) is 0.776. The normalized spacial score (nSPS) is 17.4. The summed E-state index contributed by atoms with van der Waals surface area (Å²) in [5.74, 6) is 1.12. The van der Waals surface area contributed by atoms with E-state index in [1.54, 1.807) is 12.3 Å². The van der Waals surface area contributed by atoms with E-state index in [4.69, 9.17) is 15.6 Å². The van der Waals surface area contributed by atoms with Gasteiger partial charge < -0.3 is 19.5 Å². The molecule has 3 N–H and O–H groups in total. The van der Waals surface area contributed by atoms with Crippen LogP contribution in [0.25, 0.3) is 22.6 Å². The van der Waals surface area contributed by atoms with Crippen LogP contribution in [0.2, 0.25) is 0 Å². The first-order valence-corrected chi connectivity index (χ1v) is 12.2. The van der Waals surface area contributed by atoms with Crippen molar-refractivity contribution >= 4 is 28.5 Å². The molecule has 1 aliphatic rings. The van der Waals surface area contributed by atoms with Gasteiger partial charge in [-0.1, -0.05) is 0 Å². The number of fused-ring (bicyclic) bond motifs is 1. The zero-order chi connectivity index (χ0) is 27.1. The molecule has 4 heterocycles. The van der Waals surface area contributed by atoms with Gasteiger partial charge in [0.1, 0.15) is 22.9 Å². The van der Waals surface area contributed by atoms with Crippen LogP contribution in [0.1, 0.15) is 47.1 Å². The molecule has 2 atom stereocenters. The molecule has 37 heavy (non-hydrogen) atoms. The molecule has 0 radical (unpaired) electrons. The second kappa shape index (κ2) is 10.1. The molecule has 0 aromatic carbocycles. The summed E-state index contributed by atoms with van der Waals surface area (Å²) in [6.45, 7) is 10.5. The first kappa shape index (κ1) is 26.6. The molecule has 0 saturated carbocycles. The van der Waals surface area contributed by atoms with Crippen molar-refractivity contribution in [2.45, 2.75) is 65.3 Å². The lowest BCUT2D eigenvalue weighted by Gasteiger charge is -2.34. The van der Waals surface area contributed by atoms with E-state index in [0.29, 0.717) is 36.6 Å². The second-order valence-electron chi connectivity index (χ2n) is 9.70. The smallest absolute Gasteiger partial charge is 0.377 e. The summed E-state index contributed by atoms with van der Waals surface area (Å²) in [4.78, 5) is 15.8. The maximum atomic E-state index is 13.5. The molecule has 13 heteroatoms. The highest BCUT2D eigenvalue weighted by molar-refractivity contribution is 5.83. The minimum absolute atomic E-state index is 0.0267. The summed E-state index contributed by atoms with van der Waals surface area (Å²) < 4.78 is 49.0. The Morgan fingerprint density at radius 3 is 2.62 bits per heavy atom. The Hall–Kier alpha value is -3.48. The molecule has 1 saturated heterocycles. The van der Waals surface area contributed by atoms with Gasteiger partial charge in [0.15, 0.2) is 17.1 Å². The zero-order valence-corrected chi connectivity index (χ0v) is 21.5. The highest BCUT2D eigenvalue weighted by Gasteiger charge is 2.33. The Morgan fingerprint density at radius 2 is 2.00 bits per heavy atom. The molecule has 0 amide bonds. The molecule has 4 rings (SSSR count). The predicted molar refractivity (Wildman–Crippen MR) is 135 cm³/mol. The first-order chi connectivity index (χ1) is 17.4. The van der Waals surface area contributed by atoms with Crippen molar-refractivity contribution in [2.24, 2.45) is 0 Å². The molecule has 10 nitrogen and oxygen atoms in total. The summed E-state index contributed by atoms with van der Waals surface area (Å²) in [5.41, 5.74) is 1.16. The molecular formula is C24H32F3N9O. The van der Waals surface area contributed by atoms with E-state index in [-0.39, 0.29) is 40.7 Å². The number of hydrogen-bond donors (Lipinski definition) is 3. The standard InChI is InChI=1S/C24H32F3N9O/c1-13(2)31-22-21(29)35(16(5)28)11-18(32-22)23-33-17-10-30-20(34-6-7-37-12-15(34)4)8-19(17)36(23)14(3)9-24(25,26)27/h8,10-11,13-15,28-29H,6-7,9,12H2,1-5H3,(H,31,32)/t14?,15-/m0/s1. The van der Waals surface area contributed by atoms with Crippen LogP contribution in [0.3, 0.4) is 0 Å². The van der Waals surface area contributed by atoms with Gasteiger partial charge in [0.05, 0.1) is 37.4 Å². The van der Waals surface area contributed by atoms with Crippen LogP contribution in [0.5, 0.6) is 0 Å². The van der Waals surface area contributed by atoms with Crippen LogP contribution in [-0.4, -0.2) is 67.9 Å². The van der Waals surface area contributed by atoms with E-state index in [9.17, 15) is 13.2 Å². The number of anilines is 2. The fourth-order valence-electron chi connectivity index (χ4n) is 4.52. The average Bonchev–Trinajstić information content (AvgIpc) is 3.18. The summed E-state index contributed by atoms with van der Waals surface area (Å²) in [5, 5.41) is 19.7. The van der Waals surface area contributed by atoms with Crippen LogP contribution in [0.15, 0.2) is 18.5 Å². The molecule has 1 unspecified atom stereocenters. The van der Waals surface area contributed by atoms with Crippen molar-refractivity contribution in [1.29, 1.82) is 10.8 Å². The minimum Gasteiger partial charge on any atom is -0.377 e. The van der Waals surface area contributed by atoms with Crippen molar-refractivity contribution in [3.8, 4) is 11.5 Å². The Labute approximate surface area is 212 Å². The maximum absolute atomic E-state index is 13.5. The molecule has 0 spiro atoms. The van der Waals surface area contributed by atoms with Gasteiger partial charge in [0.2, 0.25) is 0 Å². The molecule has 0 bridgehead atoms. The van der Waals surface area contributed by atoms with Gasteiger partial charge in [-0.25, -0.2) is 15.0 Å². The van der Waals surface area contributed by atoms with Crippen molar-refractivity contribution in [3.05, 3.63) is 23.9 Å². The van der Waals surface area contributed by atoms with Crippen LogP contribution >= 0.6 is 0 Å². The third-order valence-electron chi connectivity index (χ3n) is 6.16. The van der Waals surface area contributed by atoms with Crippen molar-refractivity contribution in [1.82, 2.24) is 24.1 Å².